The molecule has 0 radical (unpaired) electrons. The van der Waals surface area contributed by atoms with E-state index in [0.29, 0.717) is 29.8 Å². The molecule has 0 aliphatic carbocycles. The summed E-state index contributed by atoms with van der Waals surface area (Å²) in [5.41, 5.74) is 1.50. The normalized spacial score (nSPS) is 19.2. The van der Waals surface area contributed by atoms with Crippen molar-refractivity contribution in [3.8, 4) is 0 Å². The van der Waals surface area contributed by atoms with E-state index >= 15 is 0 Å². The number of carbonyl (C=O) groups is 1. The average Bonchev–Trinajstić information content (AvgIpc) is 2.81. The second-order valence-corrected chi connectivity index (χ2v) is 9.55. The number of aliphatic hydroxyl groups is 1. The molecule has 1 N–H and O–H groups in total. The first kappa shape index (κ1) is 23.2. The van der Waals surface area contributed by atoms with Crippen LogP contribution in [0.3, 0.4) is 0 Å². The Kier molecular flexibility index (Phi) is 7.49. The molecular weight excluding hydrogens is 427 g/mol. The van der Waals surface area contributed by atoms with E-state index in [1.54, 1.807) is 6.07 Å². The highest BCUT2D eigenvalue weighted by Gasteiger charge is 2.33. The van der Waals surface area contributed by atoms with Gasteiger partial charge in [-0.3, -0.25) is 4.79 Å². The molecule has 2 aromatic carbocycles. The number of hydrogen-bond donors (Lipinski definition) is 1. The molecule has 2 heterocycles. The van der Waals surface area contributed by atoms with Gasteiger partial charge >= 0.3 is 0 Å². The van der Waals surface area contributed by atoms with Crippen molar-refractivity contribution in [2.24, 2.45) is 0 Å². The van der Waals surface area contributed by atoms with Gasteiger partial charge < -0.3 is 14.9 Å². The van der Waals surface area contributed by atoms with E-state index in [-0.39, 0.29) is 11.6 Å². The van der Waals surface area contributed by atoms with E-state index in [4.69, 9.17) is 11.6 Å². The first-order valence-corrected chi connectivity index (χ1v) is 12.1. The predicted molar refractivity (Wildman–Crippen MR) is 127 cm³/mol. The van der Waals surface area contributed by atoms with Crippen molar-refractivity contribution in [3.05, 3.63) is 64.4 Å². The van der Waals surface area contributed by atoms with E-state index in [1.807, 2.05) is 24.3 Å². The van der Waals surface area contributed by atoms with Gasteiger partial charge in [0.15, 0.2) is 5.78 Å². The molecule has 0 atom stereocenters. The number of rotatable bonds is 7. The molecule has 0 aromatic heterocycles. The van der Waals surface area contributed by atoms with Crippen molar-refractivity contribution >= 4 is 23.1 Å². The molecule has 0 amide bonds. The third-order valence-corrected chi connectivity index (χ3v) is 7.15. The highest BCUT2D eigenvalue weighted by atomic mass is 35.5. The fourth-order valence-corrected chi connectivity index (χ4v) is 5.06. The van der Waals surface area contributed by atoms with Crippen LogP contribution in [-0.4, -0.2) is 48.5 Å². The number of hydrogen-bond acceptors (Lipinski definition) is 4. The molecule has 0 unspecified atom stereocenters. The zero-order chi connectivity index (χ0) is 22.6. The summed E-state index contributed by atoms with van der Waals surface area (Å²) in [5.74, 6) is -0.205. The highest BCUT2D eigenvalue weighted by molar-refractivity contribution is 6.30. The van der Waals surface area contributed by atoms with Crippen molar-refractivity contribution in [2.75, 3.05) is 37.6 Å². The van der Waals surface area contributed by atoms with E-state index in [9.17, 15) is 14.3 Å². The van der Waals surface area contributed by atoms with Crippen LogP contribution in [0.25, 0.3) is 0 Å². The minimum Gasteiger partial charge on any atom is -0.385 e. The van der Waals surface area contributed by atoms with E-state index in [1.165, 1.54) is 18.6 Å². The molecule has 0 bridgehead atoms. The van der Waals surface area contributed by atoms with Gasteiger partial charge in [0.05, 0.1) is 11.3 Å². The van der Waals surface area contributed by atoms with Crippen molar-refractivity contribution in [3.63, 3.8) is 0 Å². The monoisotopic (exact) mass is 458 g/mol. The molecule has 0 spiro atoms. The summed E-state index contributed by atoms with van der Waals surface area (Å²) in [4.78, 5) is 17.4. The lowest BCUT2D eigenvalue weighted by atomic mass is 9.84. The number of halogens is 2. The number of nitrogens with zero attached hydrogens (tertiary/aromatic N) is 2. The number of anilines is 1. The largest absolute Gasteiger partial charge is 0.385 e. The summed E-state index contributed by atoms with van der Waals surface area (Å²) in [6, 6.07) is 12.0. The fraction of sp³-hybridized carbons (Fsp3) is 0.500. The van der Waals surface area contributed by atoms with Gasteiger partial charge in [0, 0.05) is 43.2 Å². The SMILES string of the molecule is O=C(CCCN1CCC(O)(c2ccc(Cl)cc2)CC1)c1ccc(F)cc1N1CCCCC1. The maximum atomic E-state index is 13.9. The van der Waals surface area contributed by atoms with Gasteiger partial charge in [0.1, 0.15) is 5.82 Å². The average molecular weight is 459 g/mol. The molecule has 2 saturated heterocycles. The maximum Gasteiger partial charge on any atom is 0.165 e. The highest BCUT2D eigenvalue weighted by Crippen LogP contribution is 2.33. The number of piperidine rings is 2. The summed E-state index contributed by atoms with van der Waals surface area (Å²) in [5, 5.41) is 11.7. The fourth-order valence-electron chi connectivity index (χ4n) is 4.93. The Morgan fingerprint density at radius 1 is 1.00 bits per heavy atom. The van der Waals surface area contributed by atoms with Crippen LogP contribution in [0.1, 0.15) is 60.9 Å². The summed E-state index contributed by atoms with van der Waals surface area (Å²) >= 11 is 5.97. The minimum absolute atomic E-state index is 0.0836. The second kappa shape index (κ2) is 10.3. The van der Waals surface area contributed by atoms with Crippen LogP contribution < -0.4 is 4.90 Å². The van der Waals surface area contributed by atoms with Crippen LogP contribution in [0.2, 0.25) is 5.02 Å². The van der Waals surface area contributed by atoms with Gasteiger partial charge in [-0.15, -0.1) is 0 Å². The van der Waals surface area contributed by atoms with Crippen LogP contribution in [0, 0.1) is 5.82 Å². The Morgan fingerprint density at radius 2 is 1.69 bits per heavy atom. The second-order valence-electron chi connectivity index (χ2n) is 9.12. The van der Waals surface area contributed by atoms with Gasteiger partial charge in [-0.05, 0) is 81.0 Å². The maximum absolute atomic E-state index is 13.9. The van der Waals surface area contributed by atoms with Gasteiger partial charge in [-0.25, -0.2) is 4.39 Å². The number of benzene rings is 2. The molecule has 172 valence electrons. The zero-order valence-corrected chi connectivity index (χ0v) is 19.3. The first-order chi connectivity index (χ1) is 15.4. The molecule has 2 aliphatic heterocycles. The number of carbonyl (C=O) groups excluding carboxylic acids is 1. The van der Waals surface area contributed by atoms with Crippen LogP contribution in [0.4, 0.5) is 10.1 Å². The Bertz CT molecular complexity index is 920. The molecular formula is C26H32ClFN2O2. The summed E-state index contributed by atoms with van der Waals surface area (Å²) < 4.78 is 13.9. The van der Waals surface area contributed by atoms with E-state index < -0.39 is 5.60 Å². The van der Waals surface area contributed by atoms with Crippen LogP contribution in [-0.2, 0) is 5.60 Å². The third-order valence-electron chi connectivity index (χ3n) is 6.90. The van der Waals surface area contributed by atoms with Crippen molar-refractivity contribution in [1.29, 1.82) is 0 Å². The van der Waals surface area contributed by atoms with Gasteiger partial charge in [0.2, 0.25) is 0 Å². The molecule has 32 heavy (non-hydrogen) atoms. The molecule has 2 aliphatic rings. The number of Topliss-reactive ketones (excluding diaryl/α,β-unsaturated/α-hetero) is 1. The molecule has 6 heteroatoms. The molecule has 4 rings (SSSR count). The van der Waals surface area contributed by atoms with Crippen molar-refractivity contribution in [2.45, 2.75) is 50.5 Å². The first-order valence-electron chi connectivity index (χ1n) is 11.7. The van der Waals surface area contributed by atoms with Gasteiger partial charge in [-0.1, -0.05) is 23.7 Å². The predicted octanol–water partition coefficient (Wildman–Crippen LogP) is 5.42. The smallest absolute Gasteiger partial charge is 0.165 e. The van der Waals surface area contributed by atoms with Crippen LogP contribution in [0.5, 0.6) is 0 Å². The lowest BCUT2D eigenvalue weighted by Crippen LogP contribution is -2.42. The molecule has 2 fully saturated rings. The molecule has 2 aromatic rings. The zero-order valence-electron chi connectivity index (χ0n) is 18.5. The standard InChI is InChI=1S/C26H32ClFN2O2/c27-21-8-6-20(7-9-21)26(32)12-17-29(18-13-26)14-4-5-25(31)23-11-10-22(28)19-24(23)30-15-2-1-3-16-30/h6-11,19,32H,1-5,12-18H2. The van der Waals surface area contributed by atoms with E-state index in [2.05, 4.69) is 9.80 Å². The topological polar surface area (TPSA) is 43.8 Å². The van der Waals surface area contributed by atoms with Gasteiger partial charge in [-0.2, -0.15) is 0 Å². The van der Waals surface area contributed by atoms with Crippen molar-refractivity contribution in [1.82, 2.24) is 4.90 Å². The number of ketones is 1. The Hall–Kier alpha value is -1.95. The van der Waals surface area contributed by atoms with Crippen LogP contribution in [0.15, 0.2) is 42.5 Å². The number of likely N-dealkylation sites (tertiary alicyclic amines) is 1. The summed E-state index contributed by atoms with van der Waals surface area (Å²) in [6.07, 6.45) is 5.90. The minimum atomic E-state index is -0.811. The Balaban J connectivity index is 1.29. The quantitative estimate of drug-likeness (QED) is 0.563. The third kappa shape index (κ3) is 5.51. The van der Waals surface area contributed by atoms with Crippen LogP contribution >= 0.6 is 11.6 Å². The summed E-state index contributed by atoms with van der Waals surface area (Å²) in [7, 11) is 0. The van der Waals surface area contributed by atoms with Crippen molar-refractivity contribution < 1.29 is 14.3 Å². The lowest BCUT2D eigenvalue weighted by Gasteiger charge is -2.38. The lowest BCUT2D eigenvalue weighted by molar-refractivity contribution is -0.0260. The Morgan fingerprint density at radius 3 is 2.38 bits per heavy atom. The summed E-state index contributed by atoms with van der Waals surface area (Å²) in [6.45, 7) is 4.18. The Labute approximate surface area is 195 Å². The molecule has 0 saturated carbocycles. The molecule has 4 nitrogen and oxygen atoms in total. The van der Waals surface area contributed by atoms with Gasteiger partial charge in [0.25, 0.3) is 0 Å². The van der Waals surface area contributed by atoms with E-state index in [0.717, 1.165) is 63.2 Å².